The van der Waals surface area contributed by atoms with Gasteiger partial charge in [-0.25, -0.2) is 9.97 Å². The third-order valence-electron chi connectivity index (χ3n) is 3.90. The lowest BCUT2D eigenvalue weighted by atomic mass is 10.0. The molecule has 3 aromatic rings. The Morgan fingerprint density at radius 3 is 2.86 bits per heavy atom. The molecular formula is C17H16N4. The lowest BCUT2D eigenvalue weighted by Crippen LogP contribution is -2.01. The van der Waals surface area contributed by atoms with Gasteiger partial charge in [-0.1, -0.05) is 18.2 Å². The van der Waals surface area contributed by atoms with Gasteiger partial charge in [-0.3, -0.25) is 4.98 Å². The summed E-state index contributed by atoms with van der Waals surface area (Å²) in [6, 6.07) is 10.3. The molecule has 0 amide bonds. The van der Waals surface area contributed by atoms with Crippen LogP contribution in [0.4, 0.5) is 5.82 Å². The molecule has 1 aliphatic rings. The number of hydrogen-bond acceptors (Lipinski definition) is 4. The van der Waals surface area contributed by atoms with Crippen LogP contribution < -0.4 is 5.32 Å². The van der Waals surface area contributed by atoms with E-state index in [1.54, 1.807) is 0 Å². The molecule has 2 heterocycles. The molecule has 0 spiro atoms. The maximum absolute atomic E-state index is 4.78. The van der Waals surface area contributed by atoms with Crippen molar-refractivity contribution in [3.63, 3.8) is 0 Å². The van der Waals surface area contributed by atoms with Crippen LogP contribution in [0.25, 0.3) is 22.0 Å². The summed E-state index contributed by atoms with van der Waals surface area (Å²) in [5.74, 6) is 2.37. The Bertz CT molecular complexity index is 803. The fourth-order valence-corrected chi connectivity index (χ4v) is 2.59. The molecule has 4 nitrogen and oxygen atoms in total. The van der Waals surface area contributed by atoms with Gasteiger partial charge in [0.1, 0.15) is 11.6 Å². The summed E-state index contributed by atoms with van der Waals surface area (Å²) in [6.07, 6.45) is 6.12. The summed E-state index contributed by atoms with van der Waals surface area (Å²) in [5, 5.41) is 5.45. The van der Waals surface area contributed by atoms with Gasteiger partial charge < -0.3 is 5.32 Å². The van der Waals surface area contributed by atoms with Crippen molar-refractivity contribution < 1.29 is 0 Å². The summed E-state index contributed by atoms with van der Waals surface area (Å²) in [7, 11) is 1.90. The number of nitrogens with zero attached hydrogens (tertiary/aromatic N) is 3. The van der Waals surface area contributed by atoms with Gasteiger partial charge in [0.2, 0.25) is 0 Å². The molecule has 1 fully saturated rings. The summed E-state index contributed by atoms with van der Waals surface area (Å²) in [6.45, 7) is 0. The molecule has 0 unspecified atom stereocenters. The largest absolute Gasteiger partial charge is 0.373 e. The van der Waals surface area contributed by atoms with Crippen LogP contribution in [0.5, 0.6) is 0 Å². The van der Waals surface area contributed by atoms with E-state index in [1.807, 2.05) is 31.6 Å². The van der Waals surface area contributed by atoms with Crippen molar-refractivity contribution in [2.45, 2.75) is 18.8 Å². The minimum atomic E-state index is 0.533. The monoisotopic (exact) mass is 276 g/mol. The Morgan fingerprint density at radius 2 is 2.05 bits per heavy atom. The van der Waals surface area contributed by atoms with E-state index in [9.17, 15) is 0 Å². The van der Waals surface area contributed by atoms with Gasteiger partial charge in [-0.15, -0.1) is 0 Å². The molecule has 104 valence electrons. The molecule has 2 aromatic heterocycles. The van der Waals surface area contributed by atoms with Crippen molar-refractivity contribution in [1.82, 2.24) is 15.0 Å². The Morgan fingerprint density at radius 1 is 1.14 bits per heavy atom. The number of pyridine rings is 1. The minimum absolute atomic E-state index is 0.533. The third kappa shape index (κ3) is 2.23. The molecule has 0 bridgehead atoms. The SMILES string of the molecule is CNc1cc(-c2cccc3ccncc23)nc(C2CC2)n1. The smallest absolute Gasteiger partial charge is 0.134 e. The first-order valence-corrected chi connectivity index (χ1v) is 7.25. The van der Waals surface area contributed by atoms with Gasteiger partial charge in [0.25, 0.3) is 0 Å². The van der Waals surface area contributed by atoms with Gasteiger partial charge >= 0.3 is 0 Å². The van der Waals surface area contributed by atoms with E-state index >= 15 is 0 Å². The summed E-state index contributed by atoms with van der Waals surface area (Å²) in [5.41, 5.74) is 2.08. The van der Waals surface area contributed by atoms with Gasteiger partial charge in [0.15, 0.2) is 0 Å². The van der Waals surface area contributed by atoms with E-state index in [4.69, 9.17) is 4.98 Å². The highest BCUT2D eigenvalue weighted by molar-refractivity contribution is 5.95. The molecule has 0 saturated heterocycles. The molecule has 1 aromatic carbocycles. The van der Waals surface area contributed by atoms with Gasteiger partial charge in [0, 0.05) is 42.4 Å². The van der Waals surface area contributed by atoms with Crippen LogP contribution in [0.3, 0.4) is 0 Å². The third-order valence-corrected chi connectivity index (χ3v) is 3.90. The number of rotatable bonds is 3. The Kier molecular flexibility index (Phi) is 2.81. The summed E-state index contributed by atoms with van der Waals surface area (Å²) >= 11 is 0. The van der Waals surface area contributed by atoms with Crippen molar-refractivity contribution in [2.24, 2.45) is 0 Å². The average Bonchev–Trinajstić information content (AvgIpc) is 3.39. The Hall–Kier alpha value is -2.49. The molecule has 4 rings (SSSR count). The predicted octanol–water partition coefficient (Wildman–Crippen LogP) is 3.61. The highest BCUT2D eigenvalue weighted by Crippen LogP contribution is 2.39. The van der Waals surface area contributed by atoms with Crippen LogP contribution in [-0.4, -0.2) is 22.0 Å². The maximum Gasteiger partial charge on any atom is 0.134 e. The van der Waals surface area contributed by atoms with Crippen LogP contribution in [0.15, 0.2) is 42.7 Å². The number of anilines is 1. The van der Waals surface area contributed by atoms with Crippen molar-refractivity contribution in [3.8, 4) is 11.3 Å². The van der Waals surface area contributed by atoms with E-state index in [1.165, 1.54) is 18.2 Å². The van der Waals surface area contributed by atoms with Gasteiger partial charge in [-0.2, -0.15) is 0 Å². The van der Waals surface area contributed by atoms with Gasteiger partial charge in [-0.05, 0) is 24.3 Å². The Balaban J connectivity index is 1.93. The lowest BCUT2D eigenvalue weighted by molar-refractivity contribution is 0.933. The zero-order valence-electron chi connectivity index (χ0n) is 11.9. The van der Waals surface area contributed by atoms with E-state index in [-0.39, 0.29) is 0 Å². The molecule has 0 aliphatic heterocycles. The predicted molar refractivity (Wildman–Crippen MR) is 84.3 cm³/mol. The molecule has 4 heteroatoms. The maximum atomic E-state index is 4.78. The molecule has 0 atom stereocenters. The number of benzene rings is 1. The lowest BCUT2D eigenvalue weighted by Gasteiger charge is -2.09. The highest BCUT2D eigenvalue weighted by atomic mass is 15.0. The first-order chi connectivity index (χ1) is 10.3. The average molecular weight is 276 g/mol. The van der Waals surface area contributed by atoms with Crippen molar-refractivity contribution >= 4 is 16.6 Å². The van der Waals surface area contributed by atoms with Crippen LogP contribution in [0.1, 0.15) is 24.6 Å². The second-order valence-corrected chi connectivity index (χ2v) is 5.42. The summed E-state index contributed by atoms with van der Waals surface area (Å²) in [4.78, 5) is 13.6. The number of hydrogen-bond donors (Lipinski definition) is 1. The van der Waals surface area contributed by atoms with Crippen LogP contribution in [0.2, 0.25) is 0 Å². The van der Waals surface area contributed by atoms with E-state index < -0.39 is 0 Å². The fraction of sp³-hybridized carbons (Fsp3) is 0.235. The minimum Gasteiger partial charge on any atom is -0.373 e. The van der Waals surface area contributed by atoms with Crippen LogP contribution >= 0.6 is 0 Å². The van der Waals surface area contributed by atoms with E-state index in [0.717, 1.165) is 28.3 Å². The Labute approximate surface area is 123 Å². The molecule has 0 radical (unpaired) electrons. The fourth-order valence-electron chi connectivity index (χ4n) is 2.59. The molecule has 1 N–H and O–H groups in total. The van der Waals surface area contributed by atoms with Crippen molar-refractivity contribution in [3.05, 3.63) is 48.5 Å². The standard InChI is InChI=1S/C17H16N4/c1-18-16-9-15(20-17(21-16)12-5-6-12)13-4-2-3-11-7-8-19-10-14(11)13/h2-4,7-10,12H,5-6H2,1H3,(H,18,20,21). The van der Waals surface area contributed by atoms with Crippen LogP contribution in [-0.2, 0) is 0 Å². The van der Waals surface area contributed by atoms with Crippen molar-refractivity contribution in [2.75, 3.05) is 12.4 Å². The first kappa shape index (κ1) is 12.3. The van der Waals surface area contributed by atoms with E-state index in [0.29, 0.717) is 5.92 Å². The zero-order valence-corrected chi connectivity index (χ0v) is 11.9. The normalized spacial score (nSPS) is 14.3. The second kappa shape index (κ2) is 4.81. The quantitative estimate of drug-likeness (QED) is 0.794. The highest BCUT2D eigenvalue weighted by Gasteiger charge is 2.27. The summed E-state index contributed by atoms with van der Waals surface area (Å²) < 4.78 is 0. The number of nitrogens with one attached hydrogen (secondary N) is 1. The molecule has 1 saturated carbocycles. The zero-order chi connectivity index (χ0) is 14.2. The number of aromatic nitrogens is 3. The van der Waals surface area contributed by atoms with Crippen molar-refractivity contribution in [1.29, 1.82) is 0 Å². The number of fused-ring (bicyclic) bond motifs is 1. The first-order valence-electron chi connectivity index (χ1n) is 7.25. The van der Waals surface area contributed by atoms with Gasteiger partial charge in [0.05, 0.1) is 5.69 Å². The topological polar surface area (TPSA) is 50.7 Å². The molecular weight excluding hydrogens is 260 g/mol. The molecule has 1 aliphatic carbocycles. The van der Waals surface area contributed by atoms with Crippen LogP contribution in [0, 0.1) is 0 Å². The molecule has 21 heavy (non-hydrogen) atoms. The van der Waals surface area contributed by atoms with E-state index in [2.05, 4.69) is 33.5 Å². The second-order valence-electron chi connectivity index (χ2n) is 5.42.